The molecule has 1 N–H and O–H groups in total. The van der Waals surface area contributed by atoms with E-state index in [0.29, 0.717) is 27.3 Å². The standard InChI is InChI=1S/C18H20N4O3S/c1-12-2-3-15-20-17-13(18(24)22(15)11-12)10-14(26-17)16(23)19-4-5-21-6-8-25-9-7-21/h2-3,10-11H,4-9H2,1H3,(H,19,23). The van der Waals surface area contributed by atoms with Crippen molar-refractivity contribution >= 4 is 33.1 Å². The third-order valence-electron chi connectivity index (χ3n) is 4.49. The molecular weight excluding hydrogens is 352 g/mol. The molecular formula is C18H20N4O3S. The Morgan fingerprint density at radius 2 is 2.15 bits per heavy atom. The molecule has 0 atom stereocenters. The summed E-state index contributed by atoms with van der Waals surface area (Å²) in [6.07, 6.45) is 1.77. The van der Waals surface area contributed by atoms with Gasteiger partial charge in [-0.15, -0.1) is 11.3 Å². The first-order chi connectivity index (χ1) is 12.6. The molecule has 4 heterocycles. The summed E-state index contributed by atoms with van der Waals surface area (Å²) < 4.78 is 6.85. The molecule has 0 spiro atoms. The van der Waals surface area contributed by atoms with Crippen molar-refractivity contribution in [1.82, 2.24) is 19.6 Å². The summed E-state index contributed by atoms with van der Waals surface area (Å²) in [5.41, 5.74) is 1.43. The average molecular weight is 372 g/mol. The highest BCUT2D eigenvalue weighted by molar-refractivity contribution is 7.20. The number of amides is 1. The number of nitrogens with zero attached hydrogens (tertiary/aromatic N) is 3. The number of ether oxygens (including phenoxy) is 1. The van der Waals surface area contributed by atoms with Gasteiger partial charge in [-0.3, -0.25) is 18.9 Å². The van der Waals surface area contributed by atoms with Crippen LogP contribution in [0.1, 0.15) is 15.2 Å². The van der Waals surface area contributed by atoms with Crippen LogP contribution in [0.15, 0.2) is 29.2 Å². The van der Waals surface area contributed by atoms with Gasteiger partial charge < -0.3 is 10.1 Å². The molecule has 1 fully saturated rings. The van der Waals surface area contributed by atoms with Crippen LogP contribution in [0, 0.1) is 6.92 Å². The second kappa shape index (κ2) is 7.14. The number of aryl methyl sites for hydroxylation is 1. The van der Waals surface area contributed by atoms with E-state index in [-0.39, 0.29) is 11.5 Å². The van der Waals surface area contributed by atoms with Crippen LogP contribution < -0.4 is 10.9 Å². The number of fused-ring (bicyclic) bond motifs is 2. The van der Waals surface area contributed by atoms with Crippen LogP contribution in [-0.2, 0) is 4.74 Å². The lowest BCUT2D eigenvalue weighted by atomic mass is 10.3. The smallest absolute Gasteiger partial charge is 0.266 e. The Labute approximate surface area is 154 Å². The van der Waals surface area contributed by atoms with E-state index >= 15 is 0 Å². The zero-order valence-corrected chi connectivity index (χ0v) is 15.3. The Morgan fingerprint density at radius 3 is 2.96 bits per heavy atom. The minimum Gasteiger partial charge on any atom is -0.379 e. The van der Waals surface area contributed by atoms with Gasteiger partial charge in [-0.2, -0.15) is 0 Å². The second-order valence-corrected chi connectivity index (χ2v) is 7.42. The van der Waals surface area contributed by atoms with Gasteiger partial charge in [-0.05, 0) is 24.6 Å². The van der Waals surface area contributed by atoms with Gasteiger partial charge >= 0.3 is 0 Å². The summed E-state index contributed by atoms with van der Waals surface area (Å²) in [5, 5.41) is 3.41. The number of carbonyl (C=O) groups excluding carboxylic acids is 1. The molecule has 1 amide bonds. The number of pyridine rings is 1. The van der Waals surface area contributed by atoms with Gasteiger partial charge in [0.1, 0.15) is 10.5 Å². The van der Waals surface area contributed by atoms with E-state index in [9.17, 15) is 9.59 Å². The molecule has 0 saturated carbocycles. The lowest BCUT2D eigenvalue weighted by molar-refractivity contribution is 0.0383. The molecule has 1 aliphatic heterocycles. The van der Waals surface area contributed by atoms with Crippen molar-refractivity contribution in [3.63, 3.8) is 0 Å². The quantitative estimate of drug-likeness (QED) is 0.747. The van der Waals surface area contributed by atoms with E-state index in [2.05, 4.69) is 15.2 Å². The Balaban J connectivity index is 1.53. The summed E-state index contributed by atoms with van der Waals surface area (Å²) in [4.78, 5) is 33.0. The lowest BCUT2D eigenvalue weighted by Crippen LogP contribution is -2.41. The molecule has 0 radical (unpaired) electrons. The fourth-order valence-electron chi connectivity index (χ4n) is 3.06. The minimum atomic E-state index is -0.161. The van der Waals surface area contributed by atoms with Crippen molar-refractivity contribution in [2.24, 2.45) is 0 Å². The number of morpholine rings is 1. The molecule has 0 bridgehead atoms. The van der Waals surface area contributed by atoms with Crippen molar-refractivity contribution in [3.05, 3.63) is 45.2 Å². The predicted octanol–water partition coefficient (Wildman–Crippen LogP) is 1.28. The maximum absolute atomic E-state index is 12.7. The van der Waals surface area contributed by atoms with E-state index in [1.165, 1.54) is 15.7 Å². The normalized spacial score (nSPS) is 15.6. The molecule has 1 saturated heterocycles. The number of rotatable bonds is 4. The summed E-state index contributed by atoms with van der Waals surface area (Å²) in [6.45, 7) is 6.57. The number of carbonyl (C=O) groups is 1. The first-order valence-corrected chi connectivity index (χ1v) is 9.44. The Morgan fingerprint density at radius 1 is 1.35 bits per heavy atom. The maximum Gasteiger partial charge on any atom is 0.266 e. The highest BCUT2D eigenvalue weighted by Crippen LogP contribution is 2.22. The average Bonchev–Trinajstić information content (AvgIpc) is 3.08. The van der Waals surface area contributed by atoms with Crippen LogP contribution in [0.2, 0.25) is 0 Å². The van der Waals surface area contributed by atoms with Gasteiger partial charge in [-0.25, -0.2) is 4.98 Å². The van der Waals surface area contributed by atoms with Gasteiger partial charge in [0.05, 0.1) is 23.5 Å². The van der Waals surface area contributed by atoms with Gasteiger partial charge in [0.2, 0.25) is 0 Å². The fraction of sp³-hybridized carbons (Fsp3) is 0.389. The Bertz CT molecular complexity index is 1020. The van der Waals surface area contributed by atoms with Crippen LogP contribution in [0.5, 0.6) is 0 Å². The van der Waals surface area contributed by atoms with E-state index in [0.717, 1.165) is 38.4 Å². The summed E-state index contributed by atoms with van der Waals surface area (Å²) >= 11 is 1.25. The zero-order valence-electron chi connectivity index (χ0n) is 14.5. The van der Waals surface area contributed by atoms with E-state index in [1.807, 2.05) is 19.1 Å². The molecule has 4 rings (SSSR count). The Kier molecular flexibility index (Phi) is 4.71. The number of hydrogen-bond donors (Lipinski definition) is 1. The molecule has 3 aromatic rings. The fourth-order valence-corrected chi connectivity index (χ4v) is 4.00. The Hall–Kier alpha value is -2.29. The maximum atomic E-state index is 12.7. The summed E-state index contributed by atoms with van der Waals surface area (Å²) in [5.74, 6) is -0.161. The molecule has 8 heteroatoms. The molecule has 136 valence electrons. The monoisotopic (exact) mass is 372 g/mol. The molecule has 26 heavy (non-hydrogen) atoms. The summed E-state index contributed by atoms with van der Waals surface area (Å²) in [7, 11) is 0. The van der Waals surface area contributed by atoms with Gasteiger partial charge in [-0.1, -0.05) is 6.07 Å². The van der Waals surface area contributed by atoms with Crippen LogP contribution in [0.4, 0.5) is 0 Å². The van der Waals surface area contributed by atoms with Gasteiger partial charge in [0.15, 0.2) is 0 Å². The van der Waals surface area contributed by atoms with Crippen molar-refractivity contribution in [2.75, 3.05) is 39.4 Å². The molecule has 0 aliphatic carbocycles. The zero-order chi connectivity index (χ0) is 18.1. The highest BCUT2D eigenvalue weighted by Gasteiger charge is 2.15. The molecule has 7 nitrogen and oxygen atoms in total. The number of hydrogen-bond acceptors (Lipinski definition) is 6. The highest BCUT2D eigenvalue weighted by atomic mass is 32.1. The van der Waals surface area contributed by atoms with E-state index < -0.39 is 0 Å². The second-order valence-electron chi connectivity index (χ2n) is 6.39. The van der Waals surface area contributed by atoms with Crippen LogP contribution in [0.25, 0.3) is 15.9 Å². The first kappa shape index (κ1) is 17.1. The van der Waals surface area contributed by atoms with Crippen molar-refractivity contribution in [1.29, 1.82) is 0 Å². The molecule has 3 aromatic heterocycles. The van der Waals surface area contributed by atoms with Crippen molar-refractivity contribution < 1.29 is 9.53 Å². The SMILES string of the molecule is Cc1ccc2nc3sc(C(=O)NCCN4CCOCC4)cc3c(=O)n2c1. The van der Waals surface area contributed by atoms with Gasteiger partial charge in [0, 0.05) is 32.4 Å². The molecule has 1 aliphatic rings. The van der Waals surface area contributed by atoms with Crippen molar-refractivity contribution in [2.45, 2.75) is 6.92 Å². The lowest BCUT2D eigenvalue weighted by Gasteiger charge is -2.26. The third kappa shape index (κ3) is 3.35. The number of thiophene rings is 1. The van der Waals surface area contributed by atoms with Crippen molar-refractivity contribution in [3.8, 4) is 0 Å². The largest absolute Gasteiger partial charge is 0.379 e. The minimum absolute atomic E-state index is 0.141. The van der Waals surface area contributed by atoms with E-state index in [1.54, 1.807) is 12.3 Å². The molecule has 0 unspecified atom stereocenters. The number of aromatic nitrogens is 2. The third-order valence-corrected chi connectivity index (χ3v) is 5.52. The number of nitrogens with one attached hydrogen (secondary N) is 1. The topological polar surface area (TPSA) is 75.9 Å². The van der Waals surface area contributed by atoms with Crippen LogP contribution >= 0.6 is 11.3 Å². The van der Waals surface area contributed by atoms with Crippen LogP contribution in [-0.4, -0.2) is 59.6 Å². The van der Waals surface area contributed by atoms with E-state index in [4.69, 9.17) is 4.74 Å². The molecule has 0 aromatic carbocycles. The van der Waals surface area contributed by atoms with Crippen LogP contribution in [0.3, 0.4) is 0 Å². The first-order valence-electron chi connectivity index (χ1n) is 8.63. The van der Waals surface area contributed by atoms with Gasteiger partial charge in [0.25, 0.3) is 11.5 Å². The summed E-state index contributed by atoms with van der Waals surface area (Å²) in [6, 6.07) is 5.38. The predicted molar refractivity (Wildman–Crippen MR) is 101 cm³/mol.